The van der Waals surface area contributed by atoms with Crippen molar-refractivity contribution in [3.63, 3.8) is 0 Å². The Bertz CT molecular complexity index is 1240. The van der Waals surface area contributed by atoms with Gasteiger partial charge in [0.2, 0.25) is 0 Å². The maximum absolute atomic E-state index is 14.0. The van der Waals surface area contributed by atoms with Gasteiger partial charge in [0.1, 0.15) is 5.82 Å². The molecule has 1 atom stereocenters. The number of primary amides is 1. The van der Waals surface area contributed by atoms with Crippen LogP contribution in [0, 0.1) is 5.82 Å². The van der Waals surface area contributed by atoms with Gasteiger partial charge in [-0.3, -0.25) is 9.79 Å². The van der Waals surface area contributed by atoms with Crippen LogP contribution in [-0.2, 0) is 22.4 Å². The Balaban J connectivity index is 1.78. The van der Waals surface area contributed by atoms with Gasteiger partial charge in [-0.1, -0.05) is 48.5 Å². The molecule has 0 fully saturated rings. The normalized spacial score (nSPS) is 13.4. The zero-order valence-electron chi connectivity index (χ0n) is 18.9. The van der Waals surface area contributed by atoms with E-state index in [4.69, 9.17) is 10.5 Å². The molecule has 0 spiro atoms. The van der Waals surface area contributed by atoms with Crippen molar-refractivity contribution in [2.45, 2.75) is 25.7 Å². The Hall–Kier alpha value is -4.00. The highest BCUT2D eigenvalue weighted by Gasteiger charge is 2.26. The van der Waals surface area contributed by atoms with Crippen LogP contribution in [0.3, 0.4) is 0 Å². The number of anilines is 1. The first kappa shape index (κ1) is 23.2. The Morgan fingerprint density at radius 3 is 2.62 bits per heavy atom. The van der Waals surface area contributed by atoms with E-state index in [-0.39, 0.29) is 18.4 Å². The number of hydrogen-bond donors (Lipinski definition) is 2. The van der Waals surface area contributed by atoms with Gasteiger partial charge in [-0.25, -0.2) is 9.18 Å². The molecular formula is C27H26FN3O3. The summed E-state index contributed by atoms with van der Waals surface area (Å²) in [6.45, 7) is 2.57. The van der Waals surface area contributed by atoms with Crippen LogP contribution in [0.4, 0.5) is 14.9 Å². The monoisotopic (exact) mass is 459 g/mol. The van der Waals surface area contributed by atoms with Gasteiger partial charge in [0.05, 0.1) is 23.9 Å². The fraction of sp³-hybridized carbons (Fsp3) is 0.222. The Kier molecular flexibility index (Phi) is 7.01. The standard InChI is InChI=1S/C27H26FN3O3/c1-2-34-26(32)23(14-17-6-4-3-5-7-17)19-9-11-21(24(15-19)31-27(29)33)25-22-16-20(28)10-8-18(22)12-13-30-25/h3-11,15-16,23H,2,12-14H2,1H3,(H3,29,31,33). The maximum Gasteiger partial charge on any atom is 0.316 e. The van der Waals surface area contributed by atoms with E-state index >= 15 is 0 Å². The molecule has 0 bridgehead atoms. The molecule has 174 valence electrons. The van der Waals surface area contributed by atoms with E-state index in [0.717, 1.165) is 11.1 Å². The second-order valence-electron chi connectivity index (χ2n) is 8.07. The van der Waals surface area contributed by atoms with E-state index in [2.05, 4.69) is 10.3 Å². The quantitative estimate of drug-likeness (QED) is 0.506. The molecule has 4 rings (SSSR count). The smallest absolute Gasteiger partial charge is 0.316 e. The molecule has 0 aliphatic carbocycles. The number of nitrogens with zero attached hydrogens (tertiary/aromatic N) is 1. The molecule has 3 aromatic carbocycles. The molecule has 1 aliphatic heterocycles. The molecule has 0 radical (unpaired) electrons. The second kappa shape index (κ2) is 10.3. The number of carbonyl (C=O) groups is 2. The highest BCUT2D eigenvalue weighted by atomic mass is 19.1. The zero-order valence-corrected chi connectivity index (χ0v) is 18.9. The van der Waals surface area contributed by atoms with Crippen LogP contribution in [-0.4, -0.2) is 30.9 Å². The molecule has 1 unspecified atom stereocenters. The Morgan fingerprint density at radius 2 is 1.88 bits per heavy atom. The third kappa shape index (κ3) is 5.14. The summed E-state index contributed by atoms with van der Waals surface area (Å²) < 4.78 is 19.4. The van der Waals surface area contributed by atoms with E-state index in [1.165, 1.54) is 12.1 Å². The minimum absolute atomic E-state index is 0.258. The van der Waals surface area contributed by atoms with Crippen LogP contribution >= 0.6 is 0 Å². The molecule has 3 N–H and O–H groups in total. The van der Waals surface area contributed by atoms with E-state index in [0.29, 0.717) is 47.5 Å². The number of aliphatic imine (C=N–C) groups is 1. The largest absolute Gasteiger partial charge is 0.466 e. The molecular weight excluding hydrogens is 433 g/mol. The number of esters is 1. The number of nitrogens with two attached hydrogens (primary N) is 1. The minimum atomic E-state index is -0.745. The average molecular weight is 460 g/mol. The summed E-state index contributed by atoms with van der Waals surface area (Å²) >= 11 is 0. The van der Waals surface area contributed by atoms with Gasteiger partial charge in [0, 0.05) is 17.7 Å². The Morgan fingerprint density at radius 1 is 1.09 bits per heavy atom. The van der Waals surface area contributed by atoms with Crippen LogP contribution in [0.5, 0.6) is 0 Å². The van der Waals surface area contributed by atoms with Crippen molar-refractivity contribution >= 4 is 23.4 Å². The topological polar surface area (TPSA) is 93.8 Å². The fourth-order valence-corrected chi connectivity index (χ4v) is 4.24. The molecule has 34 heavy (non-hydrogen) atoms. The summed E-state index contributed by atoms with van der Waals surface area (Å²) in [5, 5.41) is 2.66. The lowest BCUT2D eigenvalue weighted by atomic mass is 9.88. The van der Waals surface area contributed by atoms with Crippen molar-refractivity contribution in [1.29, 1.82) is 0 Å². The summed E-state index contributed by atoms with van der Waals surface area (Å²) in [5.74, 6) is -1.30. The molecule has 1 heterocycles. The van der Waals surface area contributed by atoms with Crippen LogP contribution in [0.15, 0.2) is 71.7 Å². The maximum atomic E-state index is 14.0. The zero-order chi connectivity index (χ0) is 24.1. The number of carbonyl (C=O) groups excluding carboxylic acids is 2. The molecule has 1 aliphatic rings. The number of ether oxygens (including phenoxy) is 1. The molecule has 0 aromatic heterocycles. The van der Waals surface area contributed by atoms with Gasteiger partial charge >= 0.3 is 12.0 Å². The van der Waals surface area contributed by atoms with Gasteiger partial charge in [-0.05, 0) is 54.7 Å². The van der Waals surface area contributed by atoms with Crippen molar-refractivity contribution in [2.24, 2.45) is 10.7 Å². The lowest BCUT2D eigenvalue weighted by Gasteiger charge is -2.22. The lowest BCUT2D eigenvalue weighted by Crippen LogP contribution is -2.24. The van der Waals surface area contributed by atoms with Gasteiger partial charge in [0.25, 0.3) is 0 Å². The molecule has 7 heteroatoms. The SMILES string of the molecule is CCOC(=O)C(Cc1ccccc1)c1ccc(C2=NCCc3ccc(F)cc32)c(NC(N)=O)c1. The summed E-state index contributed by atoms with van der Waals surface area (Å²) in [6.07, 6.45) is 1.14. The summed E-state index contributed by atoms with van der Waals surface area (Å²) in [4.78, 5) is 29.3. The van der Waals surface area contributed by atoms with Crippen LogP contribution in [0.25, 0.3) is 0 Å². The van der Waals surface area contributed by atoms with E-state index in [9.17, 15) is 14.0 Å². The molecule has 2 amide bonds. The van der Waals surface area contributed by atoms with Crippen molar-refractivity contribution in [2.75, 3.05) is 18.5 Å². The number of hydrogen-bond acceptors (Lipinski definition) is 4. The first-order chi connectivity index (χ1) is 16.5. The van der Waals surface area contributed by atoms with E-state index in [1.54, 1.807) is 25.1 Å². The Labute approximate surface area is 197 Å². The van der Waals surface area contributed by atoms with E-state index in [1.807, 2.05) is 36.4 Å². The van der Waals surface area contributed by atoms with Crippen molar-refractivity contribution in [3.05, 3.63) is 100 Å². The number of benzene rings is 3. The fourth-order valence-electron chi connectivity index (χ4n) is 4.24. The van der Waals surface area contributed by atoms with Crippen LogP contribution in [0.2, 0.25) is 0 Å². The molecule has 3 aromatic rings. The third-order valence-electron chi connectivity index (χ3n) is 5.79. The van der Waals surface area contributed by atoms with Gasteiger partial charge < -0.3 is 15.8 Å². The lowest BCUT2D eigenvalue weighted by molar-refractivity contribution is -0.144. The predicted octanol–water partition coefficient (Wildman–Crippen LogP) is 4.60. The number of halogens is 1. The van der Waals surface area contributed by atoms with Crippen molar-refractivity contribution in [1.82, 2.24) is 0 Å². The van der Waals surface area contributed by atoms with E-state index < -0.39 is 11.9 Å². The average Bonchev–Trinajstić information content (AvgIpc) is 2.82. The first-order valence-corrected chi connectivity index (χ1v) is 11.2. The summed E-state index contributed by atoms with van der Waals surface area (Å²) in [7, 11) is 0. The number of fused-ring (bicyclic) bond motifs is 1. The predicted molar refractivity (Wildman–Crippen MR) is 130 cm³/mol. The third-order valence-corrected chi connectivity index (χ3v) is 5.79. The number of nitrogens with one attached hydrogen (secondary N) is 1. The molecule has 0 saturated carbocycles. The van der Waals surface area contributed by atoms with Crippen molar-refractivity contribution < 1.29 is 18.7 Å². The highest BCUT2D eigenvalue weighted by Crippen LogP contribution is 2.31. The van der Waals surface area contributed by atoms with Gasteiger partial charge in [0.15, 0.2) is 0 Å². The number of rotatable bonds is 7. The molecule has 6 nitrogen and oxygen atoms in total. The minimum Gasteiger partial charge on any atom is -0.466 e. The van der Waals surface area contributed by atoms with Crippen molar-refractivity contribution in [3.8, 4) is 0 Å². The summed E-state index contributed by atoms with van der Waals surface area (Å²) in [5.41, 5.74) is 10.4. The number of amides is 2. The van der Waals surface area contributed by atoms with Crippen LogP contribution in [0.1, 0.15) is 40.7 Å². The highest BCUT2D eigenvalue weighted by molar-refractivity contribution is 6.18. The van der Waals surface area contributed by atoms with Gasteiger partial charge in [-0.15, -0.1) is 0 Å². The number of urea groups is 1. The summed E-state index contributed by atoms with van der Waals surface area (Å²) in [6, 6.07) is 18.9. The first-order valence-electron chi connectivity index (χ1n) is 11.2. The molecule has 0 saturated heterocycles. The second-order valence-corrected chi connectivity index (χ2v) is 8.07. The van der Waals surface area contributed by atoms with Crippen LogP contribution < -0.4 is 11.1 Å². The van der Waals surface area contributed by atoms with Gasteiger partial charge in [-0.2, -0.15) is 0 Å².